The standard InChI is InChI=1S/C68H70O11/c1-9-25-51(26-10-1)41-69-49-59-61(71-43-53-29-13-3-14-30-53)63(73-45-55-33-17-5-18-34-55)65(74-46-56-35-19-6-20-36-56)68(78-59)79-64-62(72-44-54-31-15-4-16-32-54)60(50-70-42-52-27-11-2-12-28-52)77-67(76-48-58-39-23-8-24-40-58)66(64)75-47-57-37-21-7-22-38-57/h1-40,59-68H,41-50H2/t59-,60-,61-,62+,63+,64+,65+,66-,67-,68-/m1/s1. The van der Waals surface area contributed by atoms with Crippen molar-refractivity contribution in [3.05, 3.63) is 287 Å². The first-order valence-corrected chi connectivity index (χ1v) is 27.3. The molecular weight excluding hydrogens is 993 g/mol. The highest BCUT2D eigenvalue weighted by molar-refractivity contribution is 5.20. The van der Waals surface area contributed by atoms with Crippen molar-refractivity contribution in [2.45, 2.75) is 114 Å². The van der Waals surface area contributed by atoms with Gasteiger partial charge in [-0.05, 0) is 44.5 Å². The molecule has 408 valence electrons. The van der Waals surface area contributed by atoms with Gasteiger partial charge in [0, 0.05) is 0 Å². The van der Waals surface area contributed by atoms with Crippen LogP contribution in [0.1, 0.15) is 44.5 Å². The monoisotopic (exact) mass is 1060 g/mol. The fourth-order valence-electron chi connectivity index (χ4n) is 9.84. The van der Waals surface area contributed by atoms with Crippen molar-refractivity contribution in [3.63, 3.8) is 0 Å². The van der Waals surface area contributed by atoms with E-state index in [-0.39, 0.29) is 52.9 Å². The lowest BCUT2D eigenvalue weighted by molar-refractivity contribution is -0.380. The van der Waals surface area contributed by atoms with E-state index in [1.54, 1.807) is 0 Å². The summed E-state index contributed by atoms with van der Waals surface area (Å²) in [5.74, 6) is 0. The molecule has 0 spiro atoms. The smallest absolute Gasteiger partial charge is 0.187 e. The molecule has 2 aliphatic heterocycles. The highest BCUT2D eigenvalue weighted by Gasteiger charge is 2.55. The Kier molecular flexibility index (Phi) is 21.2. The number of rotatable bonds is 28. The van der Waals surface area contributed by atoms with Gasteiger partial charge in [0.1, 0.15) is 48.8 Å². The Bertz CT molecular complexity index is 2890. The average molecular weight is 1060 g/mol. The third-order valence-electron chi connectivity index (χ3n) is 13.9. The molecule has 79 heavy (non-hydrogen) atoms. The van der Waals surface area contributed by atoms with Crippen LogP contribution < -0.4 is 0 Å². The van der Waals surface area contributed by atoms with E-state index in [0.29, 0.717) is 13.2 Å². The van der Waals surface area contributed by atoms with Gasteiger partial charge in [0.05, 0.1) is 66.1 Å². The molecule has 0 bridgehead atoms. The molecule has 2 heterocycles. The molecule has 0 unspecified atom stereocenters. The minimum atomic E-state index is -1.12. The first kappa shape index (κ1) is 55.6. The lowest BCUT2D eigenvalue weighted by atomic mass is 9.95. The van der Waals surface area contributed by atoms with Crippen LogP contribution in [0.4, 0.5) is 0 Å². The second kappa shape index (κ2) is 30.1. The zero-order chi connectivity index (χ0) is 53.5. The lowest BCUT2D eigenvalue weighted by Crippen LogP contribution is -2.66. The van der Waals surface area contributed by atoms with Crippen molar-refractivity contribution in [2.75, 3.05) is 13.2 Å². The van der Waals surface area contributed by atoms with Crippen molar-refractivity contribution in [2.24, 2.45) is 0 Å². The molecule has 10 atom stereocenters. The van der Waals surface area contributed by atoms with Gasteiger partial charge in [-0.15, -0.1) is 0 Å². The van der Waals surface area contributed by atoms with Crippen LogP contribution in [-0.4, -0.2) is 74.6 Å². The van der Waals surface area contributed by atoms with E-state index in [0.717, 1.165) is 44.5 Å². The minimum Gasteiger partial charge on any atom is -0.374 e. The van der Waals surface area contributed by atoms with Crippen molar-refractivity contribution < 1.29 is 52.1 Å². The Balaban J connectivity index is 1.06. The number of hydrogen-bond acceptors (Lipinski definition) is 11. The number of benzene rings is 8. The van der Waals surface area contributed by atoms with E-state index in [4.69, 9.17) is 52.1 Å². The topological polar surface area (TPSA) is 102 Å². The molecule has 2 saturated heterocycles. The van der Waals surface area contributed by atoms with E-state index in [9.17, 15) is 0 Å². The second-order valence-electron chi connectivity index (χ2n) is 19.8. The molecule has 0 radical (unpaired) electrons. The van der Waals surface area contributed by atoms with Crippen LogP contribution in [-0.2, 0) is 105 Å². The van der Waals surface area contributed by atoms with Gasteiger partial charge in [-0.25, -0.2) is 0 Å². The zero-order valence-corrected chi connectivity index (χ0v) is 44.4. The molecule has 0 amide bonds. The van der Waals surface area contributed by atoms with Gasteiger partial charge in [-0.3, -0.25) is 0 Å². The molecule has 8 aromatic carbocycles. The largest absolute Gasteiger partial charge is 0.374 e. The van der Waals surface area contributed by atoms with Crippen molar-refractivity contribution in [3.8, 4) is 0 Å². The van der Waals surface area contributed by atoms with Gasteiger partial charge in [-0.2, -0.15) is 0 Å². The van der Waals surface area contributed by atoms with Gasteiger partial charge in [0.2, 0.25) is 0 Å². The molecule has 0 N–H and O–H groups in total. The summed E-state index contributed by atoms with van der Waals surface area (Å²) in [5, 5.41) is 0. The lowest BCUT2D eigenvalue weighted by Gasteiger charge is -2.50. The molecular formula is C68H70O11. The highest BCUT2D eigenvalue weighted by atomic mass is 16.8. The summed E-state index contributed by atoms with van der Waals surface area (Å²) in [6.45, 7) is 2.40. The Morgan fingerprint density at radius 2 is 0.468 bits per heavy atom. The number of hydrogen-bond donors (Lipinski definition) is 0. The van der Waals surface area contributed by atoms with Crippen LogP contribution in [0.2, 0.25) is 0 Å². The molecule has 8 aromatic rings. The first-order valence-electron chi connectivity index (χ1n) is 27.3. The van der Waals surface area contributed by atoms with Crippen LogP contribution in [0.25, 0.3) is 0 Å². The predicted octanol–water partition coefficient (Wildman–Crippen LogP) is 12.4. The first-order chi connectivity index (χ1) is 39.2. The fourth-order valence-corrected chi connectivity index (χ4v) is 9.84. The molecule has 11 nitrogen and oxygen atoms in total. The molecule has 2 fully saturated rings. The third-order valence-corrected chi connectivity index (χ3v) is 13.9. The molecule has 0 aromatic heterocycles. The average Bonchev–Trinajstić information content (AvgIpc) is 3.58. The summed E-state index contributed by atoms with van der Waals surface area (Å²) in [7, 11) is 0. The summed E-state index contributed by atoms with van der Waals surface area (Å²) >= 11 is 0. The summed E-state index contributed by atoms with van der Waals surface area (Å²) < 4.78 is 77.8. The van der Waals surface area contributed by atoms with Crippen LogP contribution in [0, 0.1) is 0 Å². The maximum Gasteiger partial charge on any atom is 0.187 e. The van der Waals surface area contributed by atoms with Crippen LogP contribution in [0.3, 0.4) is 0 Å². The van der Waals surface area contributed by atoms with Crippen molar-refractivity contribution >= 4 is 0 Å². The van der Waals surface area contributed by atoms with Crippen molar-refractivity contribution in [1.29, 1.82) is 0 Å². The summed E-state index contributed by atoms with van der Waals surface area (Å²) in [6, 6.07) is 80.6. The maximum absolute atomic E-state index is 7.70. The molecule has 0 saturated carbocycles. The summed E-state index contributed by atoms with van der Waals surface area (Å²) in [4.78, 5) is 0. The second-order valence-corrected chi connectivity index (χ2v) is 19.8. The third kappa shape index (κ3) is 16.7. The molecule has 0 aliphatic carbocycles. The molecule has 2 aliphatic rings. The number of ether oxygens (including phenoxy) is 11. The zero-order valence-electron chi connectivity index (χ0n) is 44.4. The van der Waals surface area contributed by atoms with E-state index in [1.165, 1.54) is 0 Å². The van der Waals surface area contributed by atoms with Gasteiger partial charge in [0.25, 0.3) is 0 Å². The normalized spacial score (nSPS) is 23.0. The van der Waals surface area contributed by atoms with E-state index >= 15 is 0 Å². The van der Waals surface area contributed by atoms with Crippen molar-refractivity contribution in [1.82, 2.24) is 0 Å². The molecule has 10 rings (SSSR count). The van der Waals surface area contributed by atoms with E-state index in [2.05, 4.69) is 0 Å². The fraction of sp³-hybridized carbons (Fsp3) is 0.294. The van der Waals surface area contributed by atoms with Gasteiger partial charge in [0.15, 0.2) is 12.6 Å². The summed E-state index contributed by atoms with van der Waals surface area (Å²) in [5.41, 5.74) is 7.88. The quantitative estimate of drug-likeness (QED) is 0.0469. The van der Waals surface area contributed by atoms with Gasteiger partial charge >= 0.3 is 0 Å². The maximum atomic E-state index is 7.70. The predicted molar refractivity (Wildman–Crippen MR) is 301 cm³/mol. The van der Waals surface area contributed by atoms with Crippen LogP contribution >= 0.6 is 0 Å². The Morgan fingerprint density at radius 1 is 0.228 bits per heavy atom. The molecule has 11 heteroatoms. The SMILES string of the molecule is c1ccc(COC[C@H]2O[C@@H](OCc3ccccc3)[C@H](OCc3ccccc3)[C@@H](O[C@H]3O[C@H](COCc4ccccc4)[C@@H](OCc4ccccc4)[C@H](OCc4ccccc4)[C@@H]3OCc3ccccc3)[C@H]2OCc2ccccc2)cc1. The van der Waals surface area contributed by atoms with Gasteiger partial charge < -0.3 is 52.1 Å². The van der Waals surface area contributed by atoms with E-state index in [1.807, 2.05) is 243 Å². The van der Waals surface area contributed by atoms with Crippen LogP contribution in [0.15, 0.2) is 243 Å². The Labute approximate surface area is 464 Å². The van der Waals surface area contributed by atoms with E-state index < -0.39 is 61.4 Å². The highest BCUT2D eigenvalue weighted by Crippen LogP contribution is 2.37. The Morgan fingerprint density at radius 3 is 0.797 bits per heavy atom. The Hall–Kier alpha value is -6.68. The minimum absolute atomic E-state index is 0.137. The van der Waals surface area contributed by atoms with Gasteiger partial charge in [-0.1, -0.05) is 243 Å². The summed E-state index contributed by atoms with van der Waals surface area (Å²) in [6.07, 6.45) is -8.53. The van der Waals surface area contributed by atoms with Crippen LogP contribution in [0.5, 0.6) is 0 Å².